The molecule has 0 aromatic carbocycles. The summed E-state index contributed by atoms with van der Waals surface area (Å²) in [5.41, 5.74) is 0. The summed E-state index contributed by atoms with van der Waals surface area (Å²) in [5, 5.41) is 0. The standard InChI is InChI=1S/C19H35NO3/c1-13(2)18-7-6-14(3)8-19(18)22-12-17(21)11-20-9-15(4)23-16(5)10-20/h13-16,18-19H,6-12H2,1-5H3. The smallest absolute Gasteiger partial charge is 0.172 e. The second-order valence-corrected chi connectivity index (χ2v) is 8.17. The zero-order valence-corrected chi connectivity index (χ0v) is 15.6. The van der Waals surface area contributed by atoms with Crippen LogP contribution in [0, 0.1) is 17.8 Å². The zero-order valence-electron chi connectivity index (χ0n) is 15.6. The molecule has 23 heavy (non-hydrogen) atoms. The summed E-state index contributed by atoms with van der Waals surface area (Å²) in [5.74, 6) is 2.14. The number of rotatable bonds is 6. The molecule has 1 saturated heterocycles. The first-order valence-electron chi connectivity index (χ1n) is 9.36. The van der Waals surface area contributed by atoms with E-state index >= 15 is 0 Å². The average Bonchev–Trinajstić information content (AvgIpc) is 2.43. The molecule has 4 heteroatoms. The molecule has 2 rings (SSSR count). The SMILES string of the molecule is CC1CCC(C(C)C)C(OCC(=O)CN2CC(C)OC(C)C2)C1. The summed E-state index contributed by atoms with van der Waals surface area (Å²) in [7, 11) is 0. The van der Waals surface area contributed by atoms with E-state index in [2.05, 4.69) is 39.5 Å². The molecule has 5 unspecified atom stereocenters. The molecule has 5 atom stereocenters. The van der Waals surface area contributed by atoms with E-state index in [-0.39, 0.29) is 30.7 Å². The third kappa shape index (κ3) is 5.84. The van der Waals surface area contributed by atoms with E-state index < -0.39 is 0 Å². The molecular formula is C19H35NO3. The number of morpholine rings is 1. The van der Waals surface area contributed by atoms with Crippen molar-refractivity contribution in [3.8, 4) is 0 Å². The minimum absolute atomic E-state index is 0.201. The fraction of sp³-hybridized carbons (Fsp3) is 0.947. The number of hydrogen-bond donors (Lipinski definition) is 0. The molecule has 0 spiro atoms. The summed E-state index contributed by atoms with van der Waals surface area (Å²) < 4.78 is 11.8. The Balaban J connectivity index is 1.78. The third-order valence-corrected chi connectivity index (χ3v) is 5.31. The van der Waals surface area contributed by atoms with Crippen molar-refractivity contribution < 1.29 is 14.3 Å². The molecule has 4 nitrogen and oxygen atoms in total. The molecule has 2 fully saturated rings. The fourth-order valence-corrected chi connectivity index (χ4v) is 4.21. The maximum Gasteiger partial charge on any atom is 0.172 e. The van der Waals surface area contributed by atoms with E-state index in [4.69, 9.17) is 9.47 Å². The van der Waals surface area contributed by atoms with Gasteiger partial charge >= 0.3 is 0 Å². The molecule has 0 N–H and O–H groups in total. The molecule has 2 aliphatic rings. The van der Waals surface area contributed by atoms with Crippen LogP contribution >= 0.6 is 0 Å². The van der Waals surface area contributed by atoms with E-state index in [9.17, 15) is 4.79 Å². The Morgan fingerprint density at radius 3 is 2.43 bits per heavy atom. The summed E-state index contributed by atoms with van der Waals surface area (Å²) in [6.07, 6.45) is 4.29. The molecule has 0 bridgehead atoms. The Kier molecular flexibility index (Phi) is 7.05. The van der Waals surface area contributed by atoms with Crippen molar-refractivity contribution in [2.75, 3.05) is 26.2 Å². The van der Waals surface area contributed by atoms with Crippen LogP contribution in [0.4, 0.5) is 0 Å². The molecule has 1 saturated carbocycles. The number of nitrogens with zero attached hydrogens (tertiary/aromatic N) is 1. The van der Waals surface area contributed by atoms with E-state index in [1.165, 1.54) is 12.8 Å². The lowest BCUT2D eigenvalue weighted by Gasteiger charge is -2.37. The number of carbonyl (C=O) groups is 1. The van der Waals surface area contributed by atoms with E-state index in [0.717, 1.165) is 19.5 Å². The molecule has 0 amide bonds. The van der Waals surface area contributed by atoms with Gasteiger partial charge in [-0.2, -0.15) is 0 Å². The fourth-order valence-electron chi connectivity index (χ4n) is 4.21. The third-order valence-electron chi connectivity index (χ3n) is 5.31. The van der Waals surface area contributed by atoms with Crippen molar-refractivity contribution in [2.45, 2.75) is 72.2 Å². The first-order chi connectivity index (χ1) is 10.8. The summed E-state index contributed by atoms with van der Waals surface area (Å²) >= 11 is 0. The first-order valence-corrected chi connectivity index (χ1v) is 9.36. The molecule has 0 radical (unpaired) electrons. The highest BCUT2D eigenvalue weighted by atomic mass is 16.5. The van der Waals surface area contributed by atoms with Gasteiger partial charge < -0.3 is 9.47 Å². The second kappa shape index (κ2) is 8.59. The van der Waals surface area contributed by atoms with Crippen LogP contribution in [0.15, 0.2) is 0 Å². The van der Waals surface area contributed by atoms with Gasteiger partial charge in [0.05, 0.1) is 24.9 Å². The Labute approximate surface area is 141 Å². The van der Waals surface area contributed by atoms with E-state index in [1.54, 1.807) is 0 Å². The number of hydrogen-bond acceptors (Lipinski definition) is 4. The number of Topliss-reactive ketones (excluding diaryl/α,β-unsaturated/α-hetero) is 1. The van der Waals surface area contributed by atoms with Gasteiger partial charge in [-0.3, -0.25) is 9.69 Å². The molecule has 1 aliphatic carbocycles. The van der Waals surface area contributed by atoms with Crippen molar-refractivity contribution in [3.63, 3.8) is 0 Å². The number of ketones is 1. The van der Waals surface area contributed by atoms with Crippen molar-refractivity contribution in [1.82, 2.24) is 4.90 Å². The minimum Gasteiger partial charge on any atom is -0.373 e. The molecule has 0 aromatic rings. The molecule has 0 aromatic heterocycles. The van der Waals surface area contributed by atoms with Gasteiger partial charge in [-0.1, -0.05) is 27.2 Å². The van der Waals surface area contributed by atoms with Gasteiger partial charge in [0, 0.05) is 13.1 Å². The highest BCUT2D eigenvalue weighted by molar-refractivity contribution is 5.81. The van der Waals surface area contributed by atoms with Crippen molar-refractivity contribution >= 4 is 5.78 Å². The van der Waals surface area contributed by atoms with Crippen molar-refractivity contribution in [1.29, 1.82) is 0 Å². The maximum absolute atomic E-state index is 12.3. The summed E-state index contributed by atoms with van der Waals surface area (Å²) in [4.78, 5) is 14.5. The van der Waals surface area contributed by atoms with Crippen LogP contribution in [0.5, 0.6) is 0 Å². The van der Waals surface area contributed by atoms with Crippen LogP contribution in [0.3, 0.4) is 0 Å². The zero-order chi connectivity index (χ0) is 17.0. The molecule has 1 aliphatic heterocycles. The van der Waals surface area contributed by atoms with Gasteiger partial charge in [0.2, 0.25) is 0 Å². The number of carbonyl (C=O) groups excluding carboxylic acids is 1. The highest BCUT2D eigenvalue weighted by Gasteiger charge is 2.32. The van der Waals surface area contributed by atoms with Crippen molar-refractivity contribution in [2.24, 2.45) is 17.8 Å². The maximum atomic E-state index is 12.3. The summed E-state index contributed by atoms with van der Waals surface area (Å²) in [6.45, 7) is 13.4. The quantitative estimate of drug-likeness (QED) is 0.752. The summed E-state index contributed by atoms with van der Waals surface area (Å²) in [6, 6.07) is 0. The lowest BCUT2D eigenvalue weighted by molar-refractivity contribution is -0.133. The molecular weight excluding hydrogens is 290 g/mol. The van der Waals surface area contributed by atoms with Gasteiger partial charge in [-0.25, -0.2) is 0 Å². The van der Waals surface area contributed by atoms with Crippen LogP contribution in [0.1, 0.15) is 53.9 Å². The normalized spacial score (nSPS) is 36.3. The molecule has 134 valence electrons. The second-order valence-electron chi connectivity index (χ2n) is 8.17. The lowest BCUT2D eigenvalue weighted by atomic mass is 9.75. The van der Waals surface area contributed by atoms with Crippen LogP contribution in [-0.2, 0) is 14.3 Å². The first kappa shape index (κ1) is 18.9. The average molecular weight is 325 g/mol. The van der Waals surface area contributed by atoms with E-state index in [0.29, 0.717) is 24.3 Å². The lowest BCUT2D eigenvalue weighted by Crippen LogP contribution is -2.48. The predicted octanol–water partition coefficient (Wildman–Crippen LogP) is 3.14. The van der Waals surface area contributed by atoms with Crippen LogP contribution in [-0.4, -0.2) is 55.2 Å². The Bertz CT molecular complexity index is 375. The minimum atomic E-state index is 0.201. The van der Waals surface area contributed by atoms with Crippen LogP contribution in [0.25, 0.3) is 0 Å². The van der Waals surface area contributed by atoms with Crippen LogP contribution in [0.2, 0.25) is 0 Å². The largest absolute Gasteiger partial charge is 0.373 e. The Morgan fingerprint density at radius 2 is 1.83 bits per heavy atom. The van der Waals surface area contributed by atoms with Gasteiger partial charge in [0.15, 0.2) is 5.78 Å². The van der Waals surface area contributed by atoms with Gasteiger partial charge in [-0.05, 0) is 44.4 Å². The highest BCUT2D eigenvalue weighted by Crippen LogP contribution is 2.35. The topological polar surface area (TPSA) is 38.8 Å². The Hall–Kier alpha value is -0.450. The van der Waals surface area contributed by atoms with Gasteiger partial charge in [0.25, 0.3) is 0 Å². The van der Waals surface area contributed by atoms with Gasteiger partial charge in [-0.15, -0.1) is 0 Å². The monoisotopic (exact) mass is 325 g/mol. The van der Waals surface area contributed by atoms with Crippen LogP contribution < -0.4 is 0 Å². The predicted molar refractivity (Wildman–Crippen MR) is 92.5 cm³/mol. The van der Waals surface area contributed by atoms with Crippen molar-refractivity contribution in [3.05, 3.63) is 0 Å². The Morgan fingerprint density at radius 1 is 1.17 bits per heavy atom. The number of ether oxygens (including phenoxy) is 2. The molecule has 1 heterocycles. The van der Waals surface area contributed by atoms with E-state index in [1.807, 2.05) is 0 Å². The van der Waals surface area contributed by atoms with Gasteiger partial charge in [0.1, 0.15) is 6.61 Å².